The van der Waals surface area contributed by atoms with E-state index in [1.54, 1.807) is 0 Å². The minimum atomic E-state index is 0.225. The number of rotatable bonds is 3. The van der Waals surface area contributed by atoms with Gasteiger partial charge in [-0.25, -0.2) is 0 Å². The molecular formula is C16H19BrClNO. The Morgan fingerprint density at radius 3 is 2.60 bits per heavy atom. The summed E-state index contributed by atoms with van der Waals surface area (Å²) >= 11 is 9.61. The van der Waals surface area contributed by atoms with E-state index in [1.807, 2.05) is 18.2 Å². The highest BCUT2D eigenvalue weighted by Crippen LogP contribution is 2.38. The van der Waals surface area contributed by atoms with Crippen LogP contribution in [-0.2, 0) is 11.2 Å². The normalized spacial score (nSPS) is 29.6. The zero-order valence-electron chi connectivity index (χ0n) is 11.6. The van der Waals surface area contributed by atoms with Crippen LogP contribution < -0.4 is 0 Å². The molecule has 0 N–H and O–H groups in total. The Labute approximate surface area is 133 Å². The summed E-state index contributed by atoms with van der Waals surface area (Å²) in [5, 5.41) is 0.684. The molecule has 2 bridgehead atoms. The maximum absolute atomic E-state index is 12.5. The molecule has 2 unspecified atom stereocenters. The van der Waals surface area contributed by atoms with Gasteiger partial charge in [0, 0.05) is 33.9 Å². The predicted molar refractivity (Wildman–Crippen MR) is 85.2 cm³/mol. The van der Waals surface area contributed by atoms with Gasteiger partial charge in [-0.15, -0.1) is 0 Å². The molecule has 0 aromatic heterocycles. The van der Waals surface area contributed by atoms with Crippen molar-refractivity contribution in [3.8, 4) is 0 Å². The van der Waals surface area contributed by atoms with E-state index in [4.69, 9.17) is 11.6 Å². The molecule has 20 heavy (non-hydrogen) atoms. The van der Waals surface area contributed by atoms with Gasteiger partial charge in [0.2, 0.25) is 0 Å². The molecule has 108 valence electrons. The first-order valence-electron chi connectivity index (χ1n) is 7.23. The number of benzene rings is 1. The Bertz CT molecular complexity index is 519. The van der Waals surface area contributed by atoms with Crippen LogP contribution in [-0.4, -0.2) is 29.8 Å². The third-order valence-corrected chi connectivity index (χ3v) is 5.78. The minimum Gasteiger partial charge on any atom is -0.300 e. The number of carbonyl (C=O) groups is 1. The van der Waals surface area contributed by atoms with E-state index in [1.165, 1.54) is 12.8 Å². The third kappa shape index (κ3) is 2.81. The summed E-state index contributed by atoms with van der Waals surface area (Å²) in [4.78, 5) is 15.0. The Kier molecular flexibility index (Phi) is 4.21. The van der Waals surface area contributed by atoms with E-state index in [0.29, 0.717) is 29.3 Å². The monoisotopic (exact) mass is 355 g/mol. The first-order chi connectivity index (χ1) is 9.54. The molecule has 2 aliphatic heterocycles. The molecule has 2 saturated heterocycles. The molecule has 2 heterocycles. The highest BCUT2D eigenvalue weighted by Gasteiger charge is 2.40. The van der Waals surface area contributed by atoms with E-state index in [2.05, 4.69) is 27.9 Å². The molecule has 0 aliphatic carbocycles. The second kappa shape index (κ2) is 5.78. The summed E-state index contributed by atoms with van der Waals surface area (Å²) in [6.07, 6.45) is 5.04. The van der Waals surface area contributed by atoms with Crippen molar-refractivity contribution >= 4 is 33.3 Å². The highest BCUT2D eigenvalue weighted by atomic mass is 79.9. The van der Waals surface area contributed by atoms with Gasteiger partial charge in [-0.05, 0) is 50.4 Å². The fraction of sp³-hybridized carbons (Fsp3) is 0.562. The fourth-order valence-corrected chi connectivity index (χ4v) is 4.41. The van der Waals surface area contributed by atoms with E-state index in [0.717, 1.165) is 22.9 Å². The number of nitrogens with zero attached hydrogens (tertiary/aromatic N) is 1. The lowest BCUT2D eigenvalue weighted by atomic mass is 9.85. The predicted octanol–water partition coefficient (Wildman–Crippen LogP) is 4.09. The molecule has 0 spiro atoms. The van der Waals surface area contributed by atoms with E-state index in [9.17, 15) is 4.79 Å². The third-order valence-electron chi connectivity index (χ3n) is 4.93. The zero-order chi connectivity index (χ0) is 14.3. The van der Waals surface area contributed by atoms with Crippen molar-refractivity contribution in [2.24, 2.45) is 5.92 Å². The van der Waals surface area contributed by atoms with Crippen molar-refractivity contribution in [3.63, 3.8) is 0 Å². The number of halogens is 2. The minimum absolute atomic E-state index is 0.225. The lowest BCUT2D eigenvalue weighted by Gasteiger charge is -2.35. The number of hydrogen-bond donors (Lipinski definition) is 0. The molecule has 2 nitrogen and oxygen atoms in total. The summed E-state index contributed by atoms with van der Waals surface area (Å²) in [6, 6.07) is 7.00. The van der Waals surface area contributed by atoms with Crippen molar-refractivity contribution in [2.45, 2.75) is 44.2 Å². The van der Waals surface area contributed by atoms with E-state index in [-0.39, 0.29) is 5.92 Å². The van der Waals surface area contributed by atoms with Gasteiger partial charge in [-0.2, -0.15) is 0 Å². The van der Waals surface area contributed by atoms with Gasteiger partial charge in [0.1, 0.15) is 5.78 Å². The second-order valence-electron chi connectivity index (χ2n) is 6.10. The smallest absolute Gasteiger partial charge is 0.140 e. The highest BCUT2D eigenvalue weighted by molar-refractivity contribution is 9.10. The van der Waals surface area contributed by atoms with Crippen LogP contribution in [0.5, 0.6) is 0 Å². The lowest BCUT2D eigenvalue weighted by molar-refractivity contribution is -0.124. The van der Waals surface area contributed by atoms with Crippen molar-refractivity contribution < 1.29 is 4.79 Å². The number of ketones is 1. The van der Waals surface area contributed by atoms with Gasteiger partial charge in [0.25, 0.3) is 0 Å². The summed E-state index contributed by atoms with van der Waals surface area (Å²) in [5.41, 5.74) is 0.950. The molecule has 2 fully saturated rings. The number of hydrogen-bond acceptors (Lipinski definition) is 2. The van der Waals surface area contributed by atoms with Gasteiger partial charge in [-0.1, -0.05) is 33.6 Å². The van der Waals surface area contributed by atoms with Crippen LogP contribution in [0.15, 0.2) is 22.7 Å². The SMILES string of the molecule is CN1C2CCC1CC(C(=O)Cc1ccc(Br)cc1Cl)C2. The van der Waals surface area contributed by atoms with E-state index < -0.39 is 0 Å². The van der Waals surface area contributed by atoms with Crippen LogP contribution in [0.2, 0.25) is 5.02 Å². The quantitative estimate of drug-likeness (QED) is 0.813. The molecule has 0 saturated carbocycles. The number of carbonyl (C=O) groups excluding carboxylic acids is 1. The van der Waals surface area contributed by atoms with Crippen molar-refractivity contribution in [2.75, 3.05) is 7.05 Å². The van der Waals surface area contributed by atoms with Gasteiger partial charge >= 0.3 is 0 Å². The molecule has 2 aliphatic rings. The van der Waals surface area contributed by atoms with Crippen molar-refractivity contribution in [1.29, 1.82) is 0 Å². The first kappa shape index (κ1) is 14.6. The molecule has 1 aromatic rings. The topological polar surface area (TPSA) is 20.3 Å². The van der Waals surface area contributed by atoms with Gasteiger partial charge < -0.3 is 4.90 Å². The van der Waals surface area contributed by atoms with Crippen molar-refractivity contribution in [3.05, 3.63) is 33.3 Å². The fourth-order valence-electron chi connectivity index (χ4n) is 3.67. The maximum atomic E-state index is 12.5. The number of fused-ring (bicyclic) bond motifs is 2. The molecular weight excluding hydrogens is 338 g/mol. The van der Waals surface area contributed by atoms with Gasteiger partial charge in [0.05, 0.1) is 0 Å². The van der Waals surface area contributed by atoms with Crippen LogP contribution in [0.25, 0.3) is 0 Å². The Morgan fingerprint density at radius 2 is 2.00 bits per heavy atom. The van der Waals surface area contributed by atoms with Gasteiger partial charge in [0.15, 0.2) is 0 Å². The Balaban J connectivity index is 1.68. The number of piperidine rings is 1. The van der Waals surface area contributed by atoms with Crippen LogP contribution in [0.4, 0.5) is 0 Å². The molecule has 3 rings (SSSR count). The average Bonchev–Trinajstić information content (AvgIpc) is 2.64. The van der Waals surface area contributed by atoms with Crippen LogP contribution in [0, 0.1) is 5.92 Å². The summed E-state index contributed by atoms with van der Waals surface area (Å²) < 4.78 is 0.955. The van der Waals surface area contributed by atoms with Crippen molar-refractivity contribution in [1.82, 2.24) is 4.90 Å². The van der Waals surface area contributed by atoms with E-state index >= 15 is 0 Å². The Morgan fingerprint density at radius 1 is 1.35 bits per heavy atom. The molecule has 0 radical (unpaired) electrons. The summed E-state index contributed by atoms with van der Waals surface area (Å²) in [6.45, 7) is 0. The van der Waals surface area contributed by atoms with Crippen LogP contribution >= 0.6 is 27.5 Å². The van der Waals surface area contributed by atoms with Crippen LogP contribution in [0.1, 0.15) is 31.2 Å². The standard InChI is InChI=1S/C16H19BrClNO/c1-19-13-4-5-14(19)7-11(6-13)16(20)8-10-2-3-12(17)9-15(10)18/h2-3,9,11,13-14H,4-8H2,1H3. The zero-order valence-corrected chi connectivity index (χ0v) is 14.0. The molecule has 2 atom stereocenters. The Hall–Kier alpha value is -0.380. The van der Waals surface area contributed by atoms with Gasteiger partial charge in [-0.3, -0.25) is 4.79 Å². The maximum Gasteiger partial charge on any atom is 0.140 e. The second-order valence-corrected chi connectivity index (χ2v) is 7.42. The largest absolute Gasteiger partial charge is 0.300 e. The molecule has 4 heteroatoms. The lowest BCUT2D eigenvalue weighted by Crippen LogP contribution is -2.42. The first-order valence-corrected chi connectivity index (χ1v) is 8.40. The molecule has 1 aromatic carbocycles. The average molecular weight is 357 g/mol. The number of Topliss-reactive ketones (excluding diaryl/α,β-unsaturated/α-hetero) is 1. The summed E-state index contributed by atoms with van der Waals surface area (Å²) in [5.74, 6) is 0.586. The van der Waals surface area contributed by atoms with Crippen LogP contribution in [0.3, 0.4) is 0 Å². The summed E-state index contributed by atoms with van der Waals surface area (Å²) in [7, 11) is 2.20. The molecule has 0 amide bonds.